The third-order valence-electron chi connectivity index (χ3n) is 2.30. The summed E-state index contributed by atoms with van der Waals surface area (Å²) in [6.45, 7) is 0.303. The zero-order chi connectivity index (χ0) is 11.9. The van der Waals surface area contributed by atoms with Crippen LogP contribution in [-0.4, -0.2) is 16.0 Å². The lowest BCUT2D eigenvalue weighted by atomic mass is 10.1. The molecule has 5 heteroatoms. The van der Waals surface area contributed by atoms with Gasteiger partial charge in [0.2, 0.25) is 5.89 Å². The van der Waals surface area contributed by atoms with E-state index in [2.05, 4.69) is 34.5 Å². The number of nitrogens with two attached hydrogens (primary N) is 1. The van der Waals surface area contributed by atoms with Gasteiger partial charge in [-0.2, -0.15) is 0 Å². The highest BCUT2D eigenvalue weighted by molar-refractivity contribution is 7.99. The molecule has 0 aliphatic carbocycles. The average Bonchev–Trinajstić information content (AvgIpc) is 2.84. The molecule has 90 valence electrons. The van der Waals surface area contributed by atoms with E-state index < -0.39 is 0 Å². The van der Waals surface area contributed by atoms with E-state index in [-0.39, 0.29) is 0 Å². The molecule has 0 atom stereocenters. The summed E-state index contributed by atoms with van der Waals surface area (Å²) in [5.41, 5.74) is 6.75. The average molecular weight is 249 g/mol. The van der Waals surface area contributed by atoms with Gasteiger partial charge in [0.1, 0.15) is 0 Å². The second kappa shape index (κ2) is 6.42. The molecule has 4 nitrogen and oxygen atoms in total. The van der Waals surface area contributed by atoms with Gasteiger partial charge in [-0.15, -0.1) is 10.2 Å². The van der Waals surface area contributed by atoms with Crippen LogP contribution in [0.1, 0.15) is 17.9 Å². The fourth-order valence-corrected chi connectivity index (χ4v) is 2.18. The largest absolute Gasteiger partial charge is 0.415 e. The Hall–Kier alpha value is -1.33. The van der Waals surface area contributed by atoms with E-state index in [9.17, 15) is 0 Å². The van der Waals surface area contributed by atoms with Crippen LogP contribution in [0.15, 0.2) is 40.0 Å². The molecule has 1 heterocycles. The number of hydrogen-bond donors (Lipinski definition) is 1. The summed E-state index contributed by atoms with van der Waals surface area (Å²) in [5.74, 6) is 1.47. The quantitative estimate of drug-likeness (QED) is 0.628. The van der Waals surface area contributed by atoms with Gasteiger partial charge in [-0.25, -0.2) is 0 Å². The maximum Gasteiger partial charge on any atom is 0.276 e. The van der Waals surface area contributed by atoms with Crippen molar-refractivity contribution < 1.29 is 4.42 Å². The van der Waals surface area contributed by atoms with E-state index in [0.29, 0.717) is 17.7 Å². The first-order valence-corrected chi connectivity index (χ1v) is 6.56. The summed E-state index contributed by atoms with van der Waals surface area (Å²) in [4.78, 5) is 0. The third-order valence-corrected chi connectivity index (χ3v) is 3.21. The molecule has 2 rings (SSSR count). The molecule has 0 fully saturated rings. The van der Waals surface area contributed by atoms with Gasteiger partial charge in [-0.3, -0.25) is 0 Å². The standard InChI is InChI=1S/C12H15N3OS/c13-9-11-14-15-12(16-11)17-8-4-7-10-5-2-1-3-6-10/h1-3,5-6H,4,7-9,13H2. The summed E-state index contributed by atoms with van der Waals surface area (Å²) in [6, 6.07) is 10.4. The van der Waals surface area contributed by atoms with E-state index >= 15 is 0 Å². The number of benzene rings is 1. The van der Waals surface area contributed by atoms with Crippen LogP contribution >= 0.6 is 11.8 Å². The number of thioether (sulfide) groups is 1. The molecule has 0 saturated carbocycles. The van der Waals surface area contributed by atoms with Crippen LogP contribution in [0.4, 0.5) is 0 Å². The molecule has 0 unspecified atom stereocenters. The van der Waals surface area contributed by atoms with E-state index in [1.165, 1.54) is 5.56 Å². The summed E-state index contributed by atoms with van der Waals surface area (Å²) in [7, 11) is 0. The number of aromatic nitrogens is 2. The van der Waals surface area contributed by atoms with Crippen molar-refractivity contribution in [2.75, 3.05) is 5.75 Å². The number of nitrogens with zero attached hydrogens (tertiary/aromatic N) is 2. The number of hydrogen-bond acceptors (Lipinski definition) is 5. The molecule has 0 aliphatic heterocycles. The van der Waals surface area contributed by atoms with Crippen molar-refractivity contribution in [2.45, 2.75) is 24.6 Å². The van der Waals surface area contributed by atoms with Gasteiger partial charge >= 0.3 is 0 Å². The summed E-state index contributed by atoms with van der Waals surface area (Å²) < 4.78 is 5.30. The lowest BCUT2D eigenvalue weighted by Crippen LogP contribution is -1.95. The maximum atomic E-state index is 5.39. The van der Waals surface area contributed by atoms with Crippen molar-refractivity contribution >= 4 is 11.8 Å². The predicted molar refractivity (Wildman–Crippen MR) is 67.7 cm³/mol. The van der Waals surface area contributed by atoms with Crippen LogP contribution in [0, 0.1) is 0 Å². The molecule has 0 radical (unpaired) electrons. The minimum Gasteiger partial charge on any atom is -0.415 e. The lowest BCUT2D eigenvalue weighted by molar-refractivity contribution is 0.414. The maximum absolute atomic E-state index is 5.39. The van der Waals surface area contributed by atoms with Crippen molar-refractivity contribution in [3.63, 3.8) is 0 Å². The predicted octanol–water partition coefficient (Wildman–Crippen LogP) is 2.25. The highest BCUT2D eigenvalue weighted by Gasteiger charge is 2.04. The zero-order valence-corrected chi connectivity index (χ0v) is 10.3. The van der Waals surface area contributed by atoms with Crippen LogP contribution in [0.5, 0.6) is 0 Å². The van der Waals surface area contributed by atoms with Crippen molar-refractivity contribution in [3.8, 4) is 0 Å². The molecule has 0 bridgehead atoms. The molecule has 2 N–H and O–H groups in total. The molecule has 17 heavy (non-hydrogen) atoms. The van der Waals surface area contributed by atoms with Gasteiger partial charge in [-0.05, 0) is 18.4 Å². The topological polar surface area (TPSA) is 64.9 Å². The molecular formula is C12H15N3OS. The Labute approximate surface area is 105 Å². The van der Waals surface area contributed by atoms with Crippen LogP contribution in [0.3, 0.4) is 0 Å². The van der Waals surface area contributed by atoms with Gasteiger partial charge in [0.05, 0.1) is 6.54 Å². The fourth-order valence-electron chi connectivity index (χ4n) is 1.46. The first kappa shape index (κ1) is 12.1. The Balaban J connectivity index is 1.69. The monoisotopic (exact) mass is 249 g/mol. The third kappa shape index (κ3) is 3.87. The van der Waals surface area contributed by atoms with Crippen LogP contribution in [0.25, 0.3) is 0 Å². The summed E-state index contributed by atoms with van der Waals surface area (Å²) in [6.07, 6.45) is 2.17. The smallest absolute Gasteiger partial charge is 0.276 e. The minimum atomic E-state index is 0.303. The van der Waals surface area contributed by atoms with Crippen LogP contribution in [-0.2, 0) is 13.0 Å². The van der Waals surface area contributed by atoms with Gasteiger partial charge < -0.3 is 10.2 Å². The molecule has 0 spiro atoms. The Morgan fingerprint density at radius 3 is 2.71 bits per heavy atom. The Morgan fingerprint density at radius 1 is 1.18 bits per heavy atom. The first-order valence-electron chi connectivity index (χ1n) is 5.57. The normalized spacial score (nSPS) is 10.6. The lowest BCUT2D eigenvalue weighted by Gasteiger charge is -1.99. The van der Waals surface area contributed by atoms with E-state index in [1.807, 2.05) is 6.07 Å². The van der Waals surface area contributed by atoms with Crippen molar-refractivity contribution in [1.29, 1.82) is 0 Å². The summed E-state index contributed by atoms with van der Waals surface area (Å²) >= 11 is 1.58. The molecule has 1 aromatic carbocycles. The van der Waals surface area contributed by atoms with Crippen molar-refractivity contribution in [3.05, 3.63) is 41.8 Å². The Bertz CT molecular complexity index is 444. The minimum absolute atomic E-state index is 0.303. The second-order valence-electron chi connectivity index (χ2n) is 3.60. The highest BCUT2D eigenvalue weighted by atomic mass is 32.2. The van der Waals surface area contributed by atoms with E-state index in [0.717, 1.165) is 18.6 Å². The van der Waals surface area contributed by atoms with Crippen molar-refractivity contribution in [2.24, 2.45) is 5.73 Å². The Morgan fingerprint density at radius 2 is 2.00 bits per heavy atom. The zero-order valence-electron chi connectivity index (χ0n) is 9.50. The van der Waals surface area contributed by atoms with Crippen LogP contribution in [0.2, 0.25) is 0 Å². The molecule has 0 aliphatic rings. The van der Waals surface area contributed by atoms with Gasteiger partial charge in [0.25, 0.3) is 5.22 Å². The van der Waals surface area contributed by atoms with Gasteiger partial charge in [0.15, 0.2) is 0 Å². The van der Waals surface area contributed by atoms with Crippen molar-refractivity contribution in [1.82, 2.24) is 10.2 Å². The molecule has 0 amide bonds. The molecular weight excluding hydrogens is 234 g/mol. The van der Waals surface area contributed by atoms with Crippen LogP contribution < -0.4 is 5.73 Å². The SMILES string of the molecule is NCc1nnc(SCCCc2ccccc2)o1. The number of aryl methyl sites for hydroxylation is 1. The molecule has 1 aromatic heterocycles. The van der Waals surface area contributed by atoms with Gasteiger partial charge in [-0.1, -0.05) is 42.1 Å². The first-order chi connectivity index (χ1) is 8.38. The second-order valence-corrected chi connectivity index (χ2v) is 4.65. The van der Waals surface area contributed by atoms with E-state index in [4.69, 9.17) is 10.2 Å². The fraction of sp³-hybridized carbons (Fsp3) is 0.333. The van der Waals surface area contributed by atoms with Gasteiger partial charge in [0, 0.05) is 5.75 Å². The summed E-state index contributed by atoms with van der Waals surface area (Å²) in [5, 5.41) is 8.32. The highest BCUT2D eigenvalue weighted by Crippen LogP contribution is 2.17. The molecule has 0 saturated heterocycles. The van der Waals surface area contributed by atoms with E-state index in [1.54, 1.807) is 11.8 Å². The Kier molecular flexibility index (Phi) is 4.58. The molecule has 2 aromatic rings. The number of rotatable bonds is 6.